The summed E-state index contributed by atoms with van der Waals surface area (Å²) in [6, 6.07) is 5.33. The monoisotopic (exact) mass is 334 g/mol. The maximum atomic E-state index is 12.4. The molecule has 124 valence electrons. The van der Waals surface area contributed by atoms with Gasteiger partial charge in [-0.05, 0) is 62.4 Å². The van der Waals surface area contributed by atoms with Crippen molar-refractivity contribution in [2.45, 2.75) is 41.0 Å². The molecule has 5 heteroatoms. The minimum absolute atomic E-state index is 0.0500. The molecule has 0 N–H and O–H groups in total. The highest BCUT2D eigenvalue weighted by molar-refractivity contribution is 6.30. The number of carbonyl (C=O) groups is 1. The molecule has 4 nitrogen and oxygen atoms in total. The number of benzene rings is 1. The lowest BCUT2D eigenvalue weighted by atomic mass is 10.0. The smallest absolute Gasteiger partial charge is 0.284 e. The fraction of sp³-hybridized carbons (Fsp3) is 0.444. The van der Waals surface area contributed by atoms with Crippen molar-refractivity contribution in [2.24, 2.45) is 5.92 Å². The molecule has 2 rings (SSSR count). The summed E-state index contributed by atoms with van der Waals surface area (Å²) in [4.78, 5) is 12.4. The highest BCUT2D eigenvalue weighted by Gasteiger charge is 2.17. The Hall–Kier alpha value is -1.81. The van der Waals surface area contributed by atoms with Crippen LogP contribution >= 0.6 is 11.6 Å². The Balaban J connectivity index is 2.12. The van der Waals surface area contributed by atoms with Gasteiger partial charge in [-0.1, -0.05) is 25.4 Å². The van der Waals surface area contributed by atoms with Crippen LogP contribution in [0.25, 0.3) is 0 Å². The summed E-state index contributed by atoms with van der Waals surface area (Å²) >= 11 is 5.92. The van der Waals surface area contributed by atoms with Crippen molar-refractivity contribution >= 4 is 17.5 Å². The molecule has 0 aliphatic carbocycles. The van der Waals surface area contributed by atoms with E-state index in [1.54, 1.807) is 12.1 Å². The molecule has 0 fully saturated rings. The molecule has 23 heavy (non-hydrogen) atoms. The molecule has 0 bridgehead atoms. The first-order valence-electron chi connectivity index (χ1n) is 7.76. The largest absolute Gasteiger partial charge is 0.483 e. The summed E-state index contributed by atoms with van der Waals surface area (Å²) in [6.07, 6.45) is 0.919. The Bertz CT molecular complexity index is 720. The van der Waals surface area contributed by atoms with Gasteiger partial charge >= 0.3 is 0 Å². The van der Waals surface area contributed by atoms with Gasteiger partial charge in [0.25, 0.3) is 5.91 Å². The van der Waals surface area contributed by atoms with Gasteiger partial charge < -0.3 is 4.74 Å². The SMILES string of the molecule is Cc1cc(Cl)ccc1OCC(=O)n1nc(C)c(CC(C)C)c1C. The van der Waals surface area contributed by atoms with Gasteiger partial charge in [-0.25, -0.2) is 4.68 Å². The summed E-state index contributed by atoms with van der Waals surface area (Å²) in [5.41, 5.74) is 3.86. The van der Waals surface area contributed by atoms with Crippen LogP contribution in [0.2, 0.25) is 5.02 Å². The van der Waals surface area contributed by atoms with Crippen LogP contribution in [0.3, 0.4) is 0 Å². The standard InChI is InChI=1S/C18H23ClN2O2/c1-11(2)8-16-13(4)20-21(14(16)5)18(22)10-23-17-7-6-15(19)9-12(17)3/h6-7,9,11H,8,10H2,1-5H3. The first-order valence-corrected chi connectivity index (χ1v) is 8.14. The molecule has 1 aromatic heterocycles. The number of aryl methyl sites for hydroxylation is 2. The van der Waals surface area contributed by atoms with Crippen molar-refractivity contribution in [3.63, 3.8) is 0 Å². The number of hydrogen-bond donors (Lipinski definition) is 0. The minimum Gasteiger partial charge on any atom is -0.483 e. The van der Waals surface area contributed by atoms with E-state index in [1.807, 2.05) is 26.8 Å². The van der Waals surface area contributed by atoms with E-state index in [-0.39, 0.29) is 12.5 Å². The van der Waals surface area contributed by atoms with Gasteiger partial charge in [0.2, 0.25) is 0 Å². The molecular formula is C18H23ClN2O2. The van der Waals surface area contributed by atoms with Crippen LogP contribution in [-0.2, 0) is 6.42 Å². The third-order valence-corrected chi connectivity index (χ3v) is 4.01. The van der Waals surface area contributed by atoms with E-state index < -0.39 is 0 Å². The van der Waals surface area contributed by atoms with Gasteiger partial charge in [-0.2, -0.15) is 5.10 Å². The van der Waals surface area contributed by atoms with E-state index in [4.69, 9.17) is 16.3 Å². The molecule has 1 heterocycles. The van der Waals surface area contributed by atoms with Crippen molar-refractivity contribution in [3.05, 3.63) is 45.7 Å². The Kier molecular flexibility index (Phi) is 5.47. The lowest BCUT2D eigenvalue weighted by Gasteiger charge is -2.10. The normalized spacial score (nSPS) is 11.1. The van der Waals surface area contributed by atoms with Crippen molar-refractivity contribution in [1.82, 2.24) is 9.78 Å². The number of hydrogen-bond acceptors (Lipinski definition) is 3. The van der Waals surface area contributed by atoms with E-state index in [9.17, 15) is 4.79 Å². The maximum Gasteiger partial charge on any atom is 0.284 e. The highest BCUT2D eigenvalue weighted by Crippen LogP contribution is 2.22. The number of ether oxygens (including phenoxy) is 1. The lowest BCUT2D eigenvalue weighted by molar-refractivity contribution is 0.0817. The fourth-order valence-corrected chi connectivity index (χ4v) is 2.82. The van der Waals surface area contributed by atoms with Crippen LogP contribution < -0.4 is 4.74 Å². The zero-order chi connectivity index (χ0) is 17.1. The van der Waals surface area contributed by atoms with Crippen LogP contribution in [0, 0.1) is 26.7 Å². The number of carbonyl (C=O) groups excluding carboxylic acids is 1. The van der Waals surface area contributed by atoms with Crippen LogP contribution in [0.15, 0.2) is 18.2 Å². The van der Waals surface area contributed by atoms with Crippen LogP contribution in [0.5, 0.6) is 5.75 Å². The third-order valence-electron chi connectivity index (χ3n) is 3.78. The number of halogens is 1. The quantitative estimate of drug-likeness (QED) is 0.815. The Morgan fingerprint density at radius 1 is 1.30 bits per heavy atom. The van der Waals surface area contributed by atoms with E-state index in [2.05, 4.69) is 18.9 Å². The molecule has 0 saturated heterocycles. The molecule has 0 amide bonds. The number of aromatic nitrogens is 2. The van der Waals surface area contributed by atoms with Gasteiger partial charge in [0, 0.05) is 10.7 Å². The predicted molar refractivity (Wildman–Crippen MR) is 92.6 cm³/mol. The molecule has 0 unspecified atom stereocenters. The molecular weight excluding hydrogens is 312 g/mol. The van der Waals surface area contributed by atoms with Crippen molar-refractivity contribution in [2.75, 3.05) is 6.61 Å². The van der Waals surface area contributed by atoms with E-state index in [0.29, 0.717) is 16.7 Å². The Morgan fingerprint density at radius 2 is 2.00 bits per heavy atom. The predicted octanol–water partition coefficient (Wildman–Crippen LogP) is 4.38. The van der Waals surface area contributed by atoms with Crippen LogP contribution in [-0.4, -0.2) is 22.3 Å². The third kappa shape index (κ3) is 4.14. The fourth-order valence-electron chi connectivity index (χ4n) is 2.60. The molecule has 1 aromatic carbocycles. The average Bonchev–Trinajstić information content (AvgIpc) is 2.74. The molecule has 0 spiro atoms. The zero-order valence-electron chi connectivity index (χ0n) is 14.3. The Labute approximate surface area is 142 Å². The summed E-state index contributed by atoms with van der Waals surface area (Å²) < 4.78 is 7.08. The first kappa shape index (κ1) is 17.5. The average molecular weight is 335 g/mol. The zero-order valence-corrected chi connectivity index (χ0v) is 15.1. The van der Waals surface area contributed by atoms with E-state index in [0.717, 1.165) is 28.9 Å². The minimum atomic E-state index is -0.171. The van der Waals surface area contributed by atoms with Crippen LogP contribution in [0.4, 0.5) is 0 Å². The molecule has 0 saturated carbocycles. The summed E-state index contributed by atoms with van der Waals surface area (Å²) in [5, 5.41) is 5.03. The first-order chi connectivity index (χ1) is 10.8. The second-order valence-corrected chi connectivity index (χ2v) is 6.69. The molecule has 0 radical (unpaired) electrons. The van der Waals surface area contributed by atoms with Crippen molar-refractivity contribution in [1.29, 1.82) is 0 Å². The summed E-state index contributed by atoms with van der Waals surface area (Å²) in [7, 11) is 0. The second kappa shape index (κ2) is 7.18. The van der Waals surface area contributed by atoms with Gasteiger partial charge in [-0.15, -0.1) is 0 Å². The van der Waals surface area contributed by atoms with E-state index >= 15 is 0 Å². The molecule has 0 atom stereocenters. The maximum absolute atomic E-state index is 12.4. The van der Waals surface area contributed by atoms with Gasteiger partial charge in [0.15, 0.2) is 6.61 Å². The van der Waals surface area contributed by atoms with E-state index in [1.165, 1.54) is 4.68 Å². The topological polar surface area (TPSA) is 44.1 Å². The van der Waals surface area contributed by atoms with Gasteiger partial charge in [0.05, 0.1) is 5.69 Å². The second-order valence-electron chi connectivity index (χ2n) is 6.25. The summed E-state index contributed by atoms with van der Waals surface area (Å²) in [6.45, 7) is 10.0. The highest BCUT2D eigenvalue weighted by atomic mass is 35.5. The number of nitrogens with zero attached hydrogens (tertiary/aromatic N) is 2. The molecule has 0 aliphatic rings. The Morgan fingerprint density at radius 3 is 2.61 bits per heavy atom. The molecule has 2 aromatic rings. The van der Waals surface area contributed by atoms with Crippen LogP contribution in [0.1, 0.15) is 41.2 Å². The molecule has 0 aliphatic heterocycles. The summed E-state index contributed by atoms with van der Waals surface area (Å²) in [5.74, 6) is 1.01. The van der Waals surface area contributed by atoms with Gasteiger partial charge in [-0.3, -0.25) is 4.79 Å². The number of rotatable bonds is 5. The van der Waals surface area contributed by atoms with Crippen molar-refractivity contribution in [3.8, 4) is 5.75 Å². The lowest BCUT2D eigenvalue weighted by Crippen LogP contribution is -2.22. The van der Waals surface area contributed by atoms with Gasteiger partial charge in [0.1, 0.15) is 5.75 Å². The van der Waals surface area contributed by atoms with Crippen molar-refractivity contribution < 1.29 is 9.53 Å².